The summed E-state index contributed by atoms with van der Waals surface area (Å²) >= 11 is 0. The summed E-state index contributed by atoms with van der Waals surface area (Å²) < 4.78 is 0. The van der Waals surface area contributed by atoms with Crippen molar-refractivity contribution in [3.63, 3.8) is 0 Å². The molecular formula is C19H30N2O. The summed E-state index contributed by atoms with van der Waals surface area (Å²) in [7, 11) is 0. The van der Waals surface area contributed by atoms with E-state index in [0.717, 1.165) is 24.8 Å². The van der Waals surface area contributed by atoms with E-state index >= 15 is 0 Å². The molecule has 1 aromatic carbocycles. The maximum atomic E-state index is 12.5. The number of amides is 1. The first-order valence-electron chi connectivity index (χ1n) is 8.49. The summed E-state index contributed by atoms with van der Waals surface area (Å²) in [6, 6.07) is 9.70. The minimum Gasteiger partial charge on any atom is -0.349 e. The average Bonchev–Trinajstić information content (AvgIpc) is 2.53. The zero-order valence-corrected chi connectivity index (χ0v) is 14.6. The molecular weight excluding hydrogens is 272 g/mol. The molecule has 122 valence electrons. The smallest absolute Gasteiger partial charge is 0.251 e. The molecule has 0 bridgehead atoms. The standard InChI is InChI=1S/C19H30N2O/c1-6-18(4)13-16(14(3)19(5,7-2)21-18)20-17(22)15-11-9-8-10-12-15/h8-12,14,16,21H,6-7,13H2,1-5H3,(H,20,22). The van der Waals surface area contributed by atoms with Crippen molar-refractivity contribution in [2.45, 2.75) is 71.0 Å². The van der Waals surface area contributed by atoms with Gasteiger partial charge in [0.1, 0.15) is 0 Å². The number of carbonyl (C=O) groups excluding carboxylic acids is 1. The van der Waals surface area contributed by atoms with Crippen molar-refractivity contribution in [2.75, 3.05) is 0 Å². The fourth-order valence-electron chi connectivity index (χ4n) is 3.62. The Kier molecular flexibility index (Phi) is 4.96. The van der Waals surface area contributed by atoms with Gasteiger partial charge in [-0.2, -0.15) is 0 Å². The van der Waals surface area contributed by atoms with Gasteiger partial charge in [-0.15, -0.1) is 0 Å². The van der Waals surface area contributed by atoms with Crippen molar-refractivity contribution in [1.82, 2.24) is 10.6 Å². The van der Waals surface area contributed by atoms with Gasteiger partial charge in [-0.25, -0.2) is 0 Å². The number of benzene rings is 1. The topological polar surface area (TPSA) is 41.1 Å². The second kappa shape index (κ2) is 6.41. The Morgan fingerprint density at radius 2 is 1.86 bits per heavy atom. The first-order chi connectivity index (χ1) is 10.3. The van der Waals surface area contributed by atoms with Gasteiger partial charge in [-0.1, -0.05) is 39.0 Å². The van der Waals surface area contributed by atoms with E-state index in [-0.39, 0.29) is 23.0 Å². The van der Waals surface area contributed by atoms with Gasteiger partial charge >= 0.3 is 0 Å². The Morgan fingerprint density at radius 1 is 1.23 bits per heavy atom. The summed E-state index contributed by atoms with van der Waals surface area (Å²) in [6.07, 6.45) is 3.09. The van der Waals surface area contributed by atoms with Gasteiger partial charge in [0.25, 0.3) is 5.91 Å². The predicted octanol–water partition coefficient (Wildman–Crippen LogP) is 3.75. The lowest BCUT2D eigenvalue weighted by molar-refractivity contribution is 0.0531. The van der Waals surface area contributed by atoms with Crippen LogP contribution in [0, 0.1) is 5.92 Å². The summed E-state index contributed by atoms with van der Waals surface area (Å²) in [5, 5.41) is 7.13. The van der Waals surface area contributed by atoms with Gasteiger partial charge in [0.2, 0.25) is 0 Å². The molecule has 4 unspecified atom stereocenters. The molecule has 0 spiro atoms. The Labute approximate surface area is 134 Å². The van der Waals surface area contributed by atoms with Crippen molar-refractivity contribution in [3.8, 4) is 0 Å². The second-order valence-electron chi connectivity index (χ2n) is 7.25. The van der Waals surface area contributed by atoms with Crippen molar-refractivity contribution < 1.29 is 4.79 Å². The van der Waals surface area contributed by atoms with E-state index in [1.54, 1.807) is 0 Å². The van der Waals surface area contributed by atoms with Crippen LogP contribution in [0.2, 0.25) is 0 Å². The highest BCUT2D eigenvalue weighted by Crippen LogP contribution is 2.37. The van der Waals surface area contributed by atoms with Crippen LogP contribution in [-0.2, 0) is 0 Å². The molecule has 0 aliphatic carbocycles. The van der Waals surface area contributed by atoms with E-state index in [1.165, 1.54) is 0 Å². The third-order valence-corrected chi connectivity index (χ3v) is 5.73. The molecule has 3 nitrogen and oxygen atoms in total. The first kappa shape index (κ1) is 17.0. The molecule has 1 saturated heterocycles. The van der Waals surface area contributed by atoms with Gasteiger partial charge in [0, 0.05) is 22.7 Å². The van der Waals surface area contributed by atoms with E-state index in [2.05, 4.69) is 45.3 Å². The maximum absolute atomic E-state index is 12.5. The van der Waals surface area contributed by atoms with Crippen LogP contribution < -0.4 is 10.6 Å². The molecule has 2 N–H and O–H groups in total. The number of hydrogen-bond donors (Lipinski definition) is 2. The monoisotopic (exact) mass is 302 g/mol. The number of rotatable bonds is 4. The van der Waals surface area contributed by atoms with Crippen LogP contribution in [0.5, 0.6) is 0 Å². The maximum Gasteiger partial charge on any atom is 0.251 e. The lowest BCUT2D eigenvalue weighted by Gasteiger charge is -2.53. The van der Waals surface area contributed by atoms with Crippen LogP contribution in [0.1, 0.15) is 64.2 Å². The van der Waals surface area contributed by atoms with E-state index in [1.807, 2.05) is 30.3 Å². The zero-order chi connectivity index (χ0) is 16.4. The van der Waals surface area contributed by atoms with Gasteiger partial charge in [-0.3, -0.25) is 4.79 Å². The van der Waals surface area contributed by atoms with Gasteiger partial charge < -0.3 is 10.6 Å². The van der Waals surface area contributed by atoms with E-state index < -0.39 is 0 Å². The Bertz CT molecular complexity index is 515. The fourth-order valence-corrected chi connectivity index (χ4v) is 3.62. The normalized spacial score (nSPS) is 35.1. The summed E-state index contributed by atoms with van der Waals surface area (Å²) in [6.45, 7) is 11.2. The molecule has 1 amide bonds. The number of piperidine rings is 1. The Morgan fingerprint density at radius 3 is 2.41 bits per heavy atom. The summed E-state index contributed by atoms with van der Waals surface area (Å²) in [5.41, 5.74) is 0.869. The average molecular weight is 302 g/mol. The number of carbonyl (C=O) groups is 1. The van der Waals surface area contributed by atoms with Crippen LogP contribution in [0.3, 0.4) is 0 Å². The van der Waals surface area contributed by atoms with Crippen LogP contribution in [0.4, 0.5) is 0 Å². The van der Waals surface area contributed by atoms with E-state index in [4.69, 9.17) is 0 Å². The third-order valence-electron chi connectivity index (χ3n) is 5.73. The summed E-state index contributed by atoms with van der Waals surface area (Å²) in [5.74, 6) is 0.432. The molecule has 1 heterocycles. The second-order valence-corrected chi connectivity index (χ2v) is 7.25. The largest absolute Gasteiger partial charge is 0.349 e. The van der Waals surface area contributed by atoms with Crippen LogP contribution in [-0.4, -0.2) is 23.0 Å². The highest BCUT2D eigenvalue weighted by Gasteiger charge is 2.46. The SMILES string of the molecule is CCC1(C)CC(NC(=O)c2ccccc2)C(C)C(C)(CC)N1. The van der Waals surface area contributed by atoms with Crippen LogP contribution in [0.15, 0.2) is 30.3 Å². The lowest BCUT2D eigenvalue weighted by Crippen LogP contribution is -2.68. The lowest BCUT2D eigenvalue weighted by atomic mass is 9.69. The van der Waals surface area contributed by atoms with E-state index in [0.29, 0.717) is 5.92 Å². The van der Waals surface area contributed by atoms with Gasteiger partial charge in [0.15, 0.2) is 0 Å². The molecule has 2 rings (SSSR count). The van der Waals surface area contributed by atoms with Gasteiger partial charge in [0.05, 0.1) is 0 Å². The molecule has 0 radical (unpaired) electrons. The van der Waals surface area contributed by atoms with E-state index in [9.17, 15) is 4.79 Å². The number of nitrogens with one attached hydrogen (secondary N) is 2. The van der Waals surface area contributed by atoms with Gasteiger partial charge in [-0.05, 0) is 51.2 Å². The minimum absolute atomic E-state index is 0.0382. The van der Waals surface area contributed by atoms with Crippen molar-refractivity contribution in [1.29, 1.82) is 0 Å². The minimum atomic E-state index is 0.0382. The van der Waals surface area contributed by atoms with Crippen molar-refractivity contribution in [2.24, 2.45) is 5.92 Å². The quantitative estimate of drug-likeness (QED) is 0.889. The van der Waals surface area contributed by atoms with Crippen LogP contribution in [0.25, 0.3) is 0 Å². The molecule has 22 heavy (non-hydrogen) atoms. The molecule has 4 atom stereocenters. The molecule has 3 heteroatoms. The highest BCUT2D eigenvalue weighted by atomic mass is 16.1. The Balaban J connectivity index is 2.19. The molecule has 1 aromatic rings. The van der Waals surface area contributed by atoms with Crippen molar-refractivity contribution in [3.05, 3.63) is 35.9 Å². The molecule has 1 fully saturated rings. The Hall–Kier alpha value is -1.35. The molecule has 1 aliphatic rings. The molecule has 1 aliphatic heterocycles. The van der Waals surface area contributed by atoms with Crippen molar-refractivity contribution >= 4 is 5.91 Å². The third kappa shape index (κ3) is 3.35. The fraction of sp³-hybridized carbons (Fsp3) is 0.632. The highest BCUT2D eigenvalue weighted by molar-refractivity contribution is 5.94. The predicted molar refractivity (Wildman–Crippen MR) is 92.0 cm³/mol. The summed E-state index contributed by atoms with van der Waals surface area (Å²) in [4.78, 5) is 12.5. The molecule has 0 aromatic heterocycles. The zero-order valence-electron chi connectivity index (χ0n) is 14.6. The van der Waals surface area contributed by atoms with Crippen LogP contribution >= 0.6 is 0 Å². The molecule has 0 saturated carbocycles. The first-order valence-corrected chi connectivity index (χ1v) is 8.49. The number of hydrogen-bond acceptors (Lipinski definition) is 2.